The van der Waals surface area contributed by atoms with Crippen molar-refractivity contribution in [3.8, 4) is 5.88 Å². The van der Waals surface area contributed by atoms with E-state index in [2.05, 4.69) is 10.4 Å². The van der Waals surface area contributed by atoms with Crippen LogP contribution in [-0.4, -0.2) is 28.8 Å². The summed E-state index contributed by atoms with van der Waals surface area (Å²) in [6.45, 7) is 1.78. The molecule has 0 aromatic carbocycles. The number of esters is 1. The summed E-state index contributed by atoms with van der Waals surface area (Å²) in [6.07, 6.45) is 3.46. The van der Waals surface area contributed by atoms with Crippen LogP contribution in [0.3, 0.4) is 0 Å². The Labute approximate surface area is 88.4 Å². The fourth-order valence-electron chi connectivity index (χ4n) is 1.69. The van der Waals surface area contributed by atoms with Gasteiger partial charge in [-0.1, -0.05) is 0 Å². The Morgan fingerprint density at radius 3 is 2.93 bits per heavy atom. The smallest absolute Gasteiger partial charge is 0.315 e. The van der Waals surface area contributed by atoms with E-state index in [-0.39, 0.29) is 11.9 Å². The first-order chi connectivity index (χ1) is 7.25. The van der Waals surface area contributed by atoms with Gasteiger partial charge in [0.2, 0.25) is 5.88 Å². The molecule has 0 aliphatic carbocycles. The van der Waals surface area contributed by atoms with Gasteiger partial charge in [0.15, 0.2) is 0 Å². The summed E-state index contributed by atoms with van der Waals surface area (Å²) in [5.74, 6) is 0.254. The highest BCUT2D eigenvalue weighted by Gasteiger charge is 2.23. The van der Waals surface area contributed by atoms with Crippen molar-refractivity contribution >= 4 is 5.97 Å². The first kappa shape index (κ1) is 10.2. The number of piperidine rings is 1. The minimum atomic E-state index is -0.157. The van der Waals surface area contributed by atoms with Crippen LogP contribution in [0.5, 0.6) is 5.88 Å². The van der Waals surface area contributed by atoms with Crippen LogP contribution in [-0.2, 0) is 11.8 Å². The molecule has 1 aromatic heterocycles. The van der Waals surface area contributed by atoms with Crippen molar-refractivity contribution in [2.75, 3.05) is 13.1 Å². The molecule has 1 N–H and O–H groups in total. The number of hydrogen-bond donors (Lipinski definition) is 1. The van der Waals surface area contributed by atoms with Crippen molar-refractivity contribution in [2.45, 2.75) is 12.8 Å². The topological polar surface area (TPSA) is 56.1 Å². The molecular formula is C10H15N3O2. The maximum absolute atomic E-state index is 11.7. The number of hydrogen-bond acceptors (Lipinski definition) is 4. The second-order valence-electron chi connectivity index (χ2n) is 3.77. The molecule has 1 aliphatic rings. The summed E-state index contributed by atoms with van der Waals surface area (Å²) in [6, 6.07) is 1.69. The Morgan fingerprint density at radius 2 is 2.33 bits per heavy atom. The molecule has 0 saturated carbocycles. The Kier molecular flexibility index (Phi) is 3.01. The number of nitrogens with zero attached hydrogens (tertiary/aromatic N) is 2. The minimum absolute atomic E-state index is 0.0215. The molecule has 0 unspecified atom stereocenters. The number of nitrogens with one attached hydrogen (secondary N) is 1. The molecule has 2 rings (SSSR count). The van der Waals surface area contributed by atoms with Gasteiger partial charge in [-0.15, -0.1) is 5.10 Å². The number of aryl methyl sites for hydroxylation is 1. The molecule has 0 bridgehead atoms. The van der Waals surface area contributed by atoms with Crippen molar-refractivity contribution in [3.05, 3.63) is 12.3 Å². The molecule has 0 spiro atoms. The zero-order valence-corrected chi connectivity index (χ0v) is 8.77. The monoisotopic (exact) mass is 209 g/mol. The van der Waals surface area contributed by atoms with E-state index in [1.165, 1.54) is 0 Å². The normalized spacial score (nSPS) is 17.7. The molecule has 5 nitrogen and oxygen atoms in total. The lowest BCUT2D eigenvalue weighted by Gasteiger charge is -2.20. The molecule has 1 aliphatic heterocycles. The van der Waals surface area contributed by atoms with Crippen molar-refractivity contribution in [3.63, 3.8) is 0 Å². The summed E-state index contributed by atoms with van der Waals surface area (Å²) >= 11 is 0. The van der Waals surface area contributed by atoms with Gasteiger partial charge >= 0.3 is 5.97 Å². The molecule has 82 valence electrons. The summed E-state index contributed by atoms with van der Waals surface area (Å²) < 4.78 is 6.79. The summed E-state index contributed by atoms with van der Waals surface area (Å²) in [4.78, 5) is 11.7. The first-order valence-electron chi connectivity index (χ1n) is 5.18. The van der Waals surface area contributed by atoms with Gasteiger partial charge in [-0.25, -0.2) is 0 Å². The Balaban J connectivity index is 1.91. The van der Waals surface area contributed by atoms with E-state index in [0.29, 0.717) is 5.88 Å². The quantitative estimate of drug-likeness (QED) is 0.713. The molecule has 15 heavy (non-hydrogen) atoms. The third-order valence-electron chi connectivity index (χ3n) is 2.57. The van der Waals surface area contributed by atoms with Crippen LogP contribution in [0.25, 0.3) is 0 Å². The molecule has 1 saturated heterocycles. The maximum atomic E-state index is 11.7. The van der Waals surface area contributed by atoms with Gasteiger partial charge < -0.3 is 10.1 Å². The molecular weight excluding hydrogens is 194 g/mol. The van der Waals surface area contributed by atoms with E-state index in [4.69, 9.17) is 4.74 Å². The number of carbonyl (C=O) groups is 1. The predicted octanol–water partition coefficient (Wildman–Crippen LogP) is 0.325. The van der Waals surface area contributed by atoms with E-state index in [1.54, 1.807) is 24.0 Å². The van der Waals surface area contributed by atoms with Gasteiger partial charge in [0.05, 0.1) is 5.92 Å². The fraction of sp³-hybridized carbons (Fsp3) is 0.600. The van der Waals surface area contributed by atoms with Gasteiger partial charge in [0.1, 0.15) is 0 Å². The van der Waals surface area contributed by atoms with Crippen LogP contribution in [0.15, 0.2) is 12.3 Å². The van der Waals surface area contributed by atoms with Crippen molar-refractivity contribution in [2.24, 2.45) is 13.0 Å². The number of ether oxygens (including phenoxy) is 1. The van der Waals surface area contributed by atoms with Crippen LogP contribution in [0.2, 0.25) is 0 Å². The third-order valence-corrected chi connectivity index (χ3v) is 2.57. The first-order valence-corrected chi connectivity index (χ1v) is 5.18. The molecule has 0 amide bonds. The van der Waals surface area contributed by atoms with Gasteiger partial charge in [0, 0.05) is 19.3 Å². The average Bonchev–Trinajstić information content (AvgIpc) is 2.65. The Bertz CT molecular complexity index is 342. The van der Waals surface area contributed by atoms with Crippen molar-refractivity contribution in [1.82, 2.24) is 15.1 Å². The second-order valence-corrected chi connectivity index (χ2v) is 3.77. The summed E-state index contributed by atoms with van der Waals surface area (Å²) in [5, 5.41) is 7.21. The average molecular weight is 209 g/mol. The lowest BCUT2D eigenvalue weighted by Crippen LogP contribution is -2.33. The van der Waals surface area contributed by atoms with E-state index in [9.17, 15) is 4.79 Å². The zero-order valence-electron chi connectivity index (χ0n) is 8.77. The fourth-order valence-corrected chi connectivity index (χ4v) is 1.69. The molecule has 2 heterocycles. The number of carbonyl (C=O) groups excluding carboxylic acids is 1. The standard InChI is InChI=1S/C10H15N3O2/c1-13-7-4-9(12-13)15-10(14)8-2-5-11-6-3-8/h4,7-8,11H,2-3,5-6H2,1H3. The highest BCUT2D eigenvalue weighted by molar-refractivity contribution is 5.74. The predicted molar refractivity (Wildman–Crippen MR) is 54.4 cm³/mol. The molecule has 5 heteroatoms. The number of aromatic nitrogens is 2. The molecule has 1 aromatic rings. The van der Waals surface area contributed by atoms with Crippen LogP contribution >= 0.6 is 0 Å². The number of rotatable bonds is 2. The van der Waals surface area contributed by atoms with Gasteiger partial charge in [-0.2, -0.15) is 0 Å². The second kappa shape index (κ2) is 4.44. The Hall–Kier alpha value is -1.36. The van der Waals surface area contributed by atoms with Gasteiger partial charge in [0.25, 0.3) is 0 Å². The molecule has 1 fully saturated rings. The van der Waals surface area contributed by atoms with Crippen molar-refractivity contribution < 1.29 is 9.53 Å². The maximum Gasteiger partial charge on any atom is 0.315 e. The molecule has 0 radical (unpaired) electrons. The Morgan fingerprint density at radius 1 is 1.60 bits per heavy atom. The minimum Gasteiger partial charge on any atom is -0.406 e. The van der Waals surface area contributed by atoms with Gasteiger partial charge in [-0.05, 0) is 25.9 Å². The van der Waals surface area contributed by atoms with E-state index in [0.717, 1.165) is 25.9 Å². The van der Waals surface area contributed by atoms with E-state index in [1.807, 2.05) is 0 Å². The lowest BCUT2D eigenvalue weighted by atomic mass is 9.99. The summed E-state index contributed by atoms with van der Waals surface area (Å²) in [7, 11) is 1.79. The third kappa shape index (κ3) is 2.56. The SMILES string of the molecule is Cn1ccc(OC(=O)C2CCNCC2)n1. The zero-order chi connectivity index (χ0) is 10.7. The van der Waals surface area contributed by atoms with E-state index >= 15 is 0 Å². The van der Waals surface area contributed by atoms with Gasteiger partial charge in [-0.3, -0.25) is 9.48 Å². The summed E-state index contributed by atoms with van der Waals surface area (Å²) in [5.41, 5.74) is 0. The highest BCUT2D eigenvalue weighted by Crippen LogP contribution is 2.15. The lowest BCUT2D eigenvalue weighted by molar-refractivity contribution is -0.140. The highest BCUT2D eigenvalue weighted by atomic mass is 16.5. The van der Waals surface area contributed by atoms with E-state index < -0.39 is 0 Å². The van der Waals surface area contributed by atoms with Crippen LogP contribution in [0.1, 0.15) is 12.8 Å². The van der Waals surface area contributed by atoms with Crippen LogP contribution in [0.4, 0.5) is 0 Å². The largest absolute Gasteiger partial charge is 0.406 e. The van der Waals surface area contributed by atoms with Crippen LogP contribution < -0.4 is 10.1 Å². The van der Waals surface area contributed by atoms with Crippen molar-refractivity contribution in [1.29, 1.82) is 0 Å². The molecule has 0 atom stereocenters. The van der Waals surface area contributed by atoms with Crippen LogP contribution in [0, 0.1) is 5.92 Å².